The third-order valence-corrected chi connectivity index (χ3v) is 6.24. The summed E-state index contributed by atoms with van der Waals surface area (Å²) in [4.78, 5) is 13.2. The Morgan fingerprint density at radius 2 is 1.96 bits per heavy atom. The summed E-state index contributed by atoms with van der Waals surface area (Å²) in [5.41, 5.74) is 1.07. The molecule has 0 amide bonds. The molecule has 1 unspecified atom stereocenters. The summed E-state index contributed by atoms with van der Waals surface area (Å²) in [5.74, 6) is -1.20. The molecule has 8 heteroatoms. The minimum absolute atomic E-state index is 0.0469. The second-order valence-corrected chi connectivity index (χ2v) is 8.30. The van der Waals surface area contributed by atoms with Crippen LogP contribution in [0.2, 0.25) is 0 Å². The molecule has 1 atom stereocenters. The Balaban J connectivity index is 1.99. The van der Waals surface area contributed by atoms with Crippen LogP contribution in [0, 0.1) is 0 Å². The van der Waals surface area contributed by atoms with Gasteiger partial charge in [-0.25, -0.2) is 8.42 Å². The molecule has 1 aromatic carbocycles. The number of carboxylic acids is 1. The summed E-state index contributed by atoms with van der Waals surface area (Å²) in [6.45, 7) is 1.81. The lowest BCUT2D eigenvalue weighted by Crippen LogP contribution is -2.43. The first-order chi connectivity index (χ1) is 11.9. The van der Waals surface area contributed by atoms with Crippen molar-refractivity contribution >= 4 is 16.0 Å². The molecule has 2 rings (SSSR count). The largest absolute Gasteiger partial charge is 0.480 e. The fourth-order valence-corrected chi connectivity index (χ4v) is 4.80. The number of aliphatic hydroxyl groups is 1. The van der Waals surface area contributed by atoms with Gasteiger partial charge in [0.2, 0.25) is 10.0 Å². The van der Waals surface area contributed by atoms with E-state index >= 15 is 0 Å². The number of aliphatic hydroxyl groups excluding tert-OH is 1. The Morgan fingerprint density at radius 1 is 1.24 bits per heavy atom. The van der Waals surface area contributed by atoms with Crippen LogP contribution in [-0.2, 0) is 21.4 Å². The lowest BCUT2D eigenvalue weighted by Gasteiger charge is -2.25. The number of hydrogen-bond acceptors (Lipinski definition) is 5. The molecule has 1 aromatic rings. The van der Waals surface area contributed by atoms with Gasteiger partial charge in [0.05, 0.1) is 5.75 Å². The van der Waals surface area contributed by atoms with E-state index in [4.69, 9.17) is 5.11 Å². The fraction of sp³-hybridized carbons (Fsp3) is 0.588. The van der Waals surface area contributed by atoms with Crippen molar-refractivity contribution in [3.63, 3.8) is 0 Å². The summed E-state index contributed by atoms with van der Waals surface area (Å²) in [5, 5.41) is 18.3. The molecule has 1 heterocycles. The van der Waals surface area contributed by atoms with Gasteiger partial charge in [0.15, 0.2) is 0 Å². The monoisotopic (exact) mass is 370 g/mol. The summed E-state index contributed by atoms with van der Waals surface area (Å²) in [6.07, 6.45) is 1.51. The van der Waals surface area contributed by atoms with E-state index in [-0.39, 0.29) is 18.9 Å². The number of hydrogen-bond donors (Lipinski definition) is 2. The zero-order chi connectivity index (χ0) is 18.3. The minimum Gasteiger partial charge on any atom is -0.480 e. The molecule has 0 aliphatic carbocycles. The Labute approximate surface area is 148 Å². The van der Waals surface area contributed by atoms with E-state index in [0.717, 1.165) is 9.87 Å². The molecular formula is C17H26N2O5S. The van der Waals surface area contributed by atoms with Gasteiger partial charge in [0.1, 0.15) is 6.04 Å². The number of carboxylic acid groups (broad SMARTS) is 1. The predicted octanol–water partition coefficient (Wildman–Crippen LogP) is 0.750. The van der Waals surface area contributed by atoms with Crippen LogP contribution in [0.25, 0.3) is 0 Å². The standard InChI is InChI=1S/C17H26N2O5S/c20-12-5-9-18(14-15-6-2-1-3-7-15)11-13-25(23,24)19-10-4-8-16(19)17(21)22/h1-3,6-7,16,20H,4-5,8-14H2,(H,21,22). The zero-order valence-electron chi connectivity index (χ0n) is 14.2. The molecule has 140 valence electrons. The van der Waals surface area contributed by atoms with Crippen molar-refractivity contribution < 1.29 is 23.4 Å². The molecule has 1 saturated heterocycles. The predicted molar refractivity (Wildman–Crippen MR) is 94.6 cm³/mol. The third kappa shape index (κ3) is 5.78. The first-order valence-electron chi connectivity index (χ1n) is 8.53. The number of benzene rings is 1. The quantitative estimate of drug-likeness (QED) is 0.631. The maximum atomic E-state index is 12.6. The van der Waals surface area contributed by atoms with E-state index in [9.17, 15) is 18.3 Å². The highest BCUT2D eigenvalue weighted by Crippen LogP contribution is 2.21. The van der Waals surface area contributed by atoms with Crippen LogP contribution in [0.15, 0.2) is 30.3 Å². The normalized spacial score (nSPS) is 18.7. The highest BCUT2D eigenvalue weighted by atomic mass is 32.2. The van der Waals surface area contributed by atoms with Crippen LogP contribution >= 0.6 is 0 Å². The average Bonchev–Trinajstić information content (AvgIpc) is 3.09. The van der Waals surface area contributed by atoms with Gasteiger partial charge in [0, 0.05) is 32.8 Å². The Morgan fingerprint density at radius 3 is 2.60 bits per heavy atom. The number of sulfonamides is 1. The Bertz CT molecular complexity index is 650. The highest BCUT2D eigenvalue weighted by molar-refractivity contribution is 7.89. The molecule has 1 aliphatic heterocycles. The van der Waals surface area contributed by atoms with E-state index in [1.807, 2.05) is 35.2 Å². The van der Waals surface area contributed by atoms with Gasteiger partial charge in [-0.15, -0.1) is 0 Å². The molecule has 1 aliphatic rings. The topological polar surface area (TPSA) is 98.2 Å². The highest BCUT2D eigenvalue weighted by Gasteiger charge is 2.38. The van der Waals surface area contributed by atoms with E-state index in [1.54, 1.807) is 0 Å². The first-order valence-corrected chi connectivity index (χ1v) is 10.1. The molecule has 0 bridgehead atoms. The number of nitrogens with zero attached hydrogens (tertiary/aromatic N) is 2. The van der Waals surface area contributed by atoms with Crippen molar-refractivity contribution in [3.8, 4) is 0 Å². The number of aliphatic carboxylic acids is 1. The summed E-state index contributed by atoms with van der Waals surface area (Å²) < 4.78 is 26.3. The molecule has 2 N–H and O–H groups in total. The lowest BCUT2D eigenvalue weighted by atomic mass is 10.2. The second-order valence-electron chi connectivity index (χ2n) is 6.26. The SMILES string of the molecule is O=C(O)C1CCCN1S(=O)(=O)CCN(CCCO)Cc1ccccc1. The van der Waals surface area contributed by atoms with Crippen LogP contribution in [0.3, 0.4) is 0 Å². The third-order valence-electron chi connectivity index (χ3n) is 4.39. The van der Waals surface area contributed by atoms with Gasteiger partial charge in [0.25, 0.3) is 0 Å². The summed E-state index contributed by atoms with van der Waals surface area (Å²) in [7, 11) is -3.62. The van der Waals surface area contributed by atoms with Crippen LogP contribution in [0.1, 0.15) is 24.8 Å². The Hall–Kier alpha value is -1.48. The van der Waals surface area contributed by atoms with Gasteiger partial charge in [-0.1, -0.05) is 30.3 Å². The zero-order valence-corrected chi connectivity index (χ0v) is 15.1. The van der Waals surface area contributed by atoms with Crippen LogP contribution in [0.4, 0.5) is 0 Å². The van der Waals surface area contributed by atoms with E-state index in [2.05, 4.69) is 0 Å². The van der Waals surface area contributed by atoms with Crippen molar-refractivity contribution in [1.29, 1.82) is 0 Å². The van der Waals surface area contributed by atoms with Gasteiger partial charge in [-0.3, -0.25) is 9.69 Å². The van der Waals surface area contributed by atoms with Crippen molar-refractivity contribution in [1.82, 2.24) is 9.21 Å². The molecular weight excluding hydrogens is 344 g/mol. The summed E-state index contributed by atoms with van der Waals surface area (Å²) in [6, 6.07) is 8.79. The summed E-state index contributed by atoms with van der Waals surface area (Å²) >= 11 is 0. The van der Waals surface area contributed by atoms with Crippen LogP contribution < -0.4 is 0 Å². The molecule has 7 nitrogen and oxygen atoms in total. The van der Waals surface area contributed by atoms with Crippen molar-refractivity contribution in [2.24, 2.45) is 0 Å². The number of carbonyl (C=O) groups is 1. The van der Waals surface area contributed by atoms with Crippen molar-refractivity contribution in [2.75, 3.05) is 32.0 Å². The van der Waals surface area contributed by atoms with E-state index in [1.165, 1.54) is 0 Å². The molecule has 0 radical (unpaired) electrons. The molecule has 25 heavy (non-hydrogen) atoms. The van der Waals surface area contributed by atoms with Gasteiger partial charge in [-0.2, -0.15) is 4.31 Å². The van der Waals surface area contributed by atoms with Crippen molar-refractivity contribution in [3.05, 3.63) is 35.9 Å². The average molecular weight is 370 g/mol. The van der Waals surface area contributed by atoms with Crippen LogP contribution in [0.5, 0.6) is 0 Å². The molecule has 0 saturated carbocycles. The van der Waals surface area contributed by atoms with E-state index < -0.39 is 22.0 Å². The number of rotatable bonds is 10. The maximum Gasteiger partial charge on any atom is 0.322 e. The maximum absolute atomic E-state index is 12.6. The molecule has 0 spiro atoms. The van der Waals surface area contributed by atoms with Gasteiger partial charge >= 0.3 is 5.97 Å². The lowest BCUT2D eigenvalue weighted by molar-refractivity contribution is -0.140. The van der Waals surface area contributed by atoms with Gasteiger partial charge < -0.3 is 10.2 Å². The van der Waals surface area contributed by atoms with Crippen LogP contribution in [-0.4, -0.2) is 71.8 Å². The van der Waals surface area contributed by atoms with Gasteiger partial charge in [-0.05, 0) is 24.8 Å². The first kappa shape index (κ1) is 19.8. The minimum atomic E-state index is -3.62. The Kier molecular flexibility index (Phi) is 7.37. The molecule has 1 fully saturated rings. The van der Waals surface area contributed by atoms with E-state index in [0.29, 0.717) is 38.9 Å². The smallest absolute Gasteiger partial charge is 0.322 e. The fourth-order valence-electron chi connectivity index (χ4n) is 3.09. The molecule has 0 aromatic heterocycles. The second kappa shape index (κ2) is 9.28. The van der Waals surface area contributed by atoms with Crippen molar-refractivity contribution in [2.45, 2.75) is 31.8 Å².